The monoisotopic (exact) mass is 347 g/mol. The van der Waals surface area contributed by atoms with Gasteiger partial charge in [-0.15, -0.1) is 0 Å². The zero-order valence-electron chi connectivity index (χ0n) is 14.9. The molecule has 1 aromatic carbocycles. The summed E-state index contributed by atoms with van der Waals surface area (Å²) in [6, 6.07) is 6.12. The van der Waals surface area contributed by atoms with Crippen molar-refractivity contribution in [2.24, 2.45) is 0 Å². The molecule has 0 unspecified atom stereocenters. The Hall–Kier alpha value is -2.37. The highest BCUT2D eigenvalue weighted by Gasteiger charge is 2.36. The lowest BCUT2D eigenvalue weighted by atomic mass is 10.0. The van der Waals surface area contributed by atoms with Gasteiger partial charge in [-0.3, -0.25) is 4.79 Å². The smallest absolute Gasteiger partial charge is 0.335 e. The van der Waals surface area contributed by atoms with E-state index in [4.69, 9.17) is 4.74 Å². The van der Waals surface area contributed by atoms with Crippen LogP contribution >= 0.6 is 0 Å². The predicted molar refractivity (Wildman–Crippen MR) is 92.3 cm³/mol. The van der Waals surface area contributed by atoms with Crippen molar-refractivity contribution in [3.05, 3.63) is 35.4 Å². The predicted octanol–water partition coefficient (Wildman–Crippen LogP) is 2.65. The van der Waals surface area contributed by atoms with Crippen LogP contribution in [0.1, 0.15) is 56.0 Å². The number of esters is 1. The average Bonchev–Trinajstić information content (AvgIpc) is 3.01. The summed E-state index contributed by atoms with van der Waals surface area (Å²) in [4.78, 5) is 37.7. The number of nitrogens with zero attached hydrogens (tertiary/aromatic N) is 1. The Bertz CT molecular complexity index is 662. The molecule has 25 heavy (non-hydrogen) atoms. The number of carbonyl (C=O) groups is 3. The molecule has 6 nitrogen and oxygen atoms in total. The van der Waals surface area contributed by atoms with E-state index >= 15 is 0 Å². The lowest BCUT2D eigenvalue weighted by Gasteiger charge is -2.27. The number of benzene rings is 1. The molecule has 0 bridgehead atoms. The van der Waals surface area contributed by atoms with Gasteiger partial charge in [0.1, 0.15) is 11.6 Å². The molecule has 2 rings (SSSR count). The van der Waals surface area contributed by atoms with Crippen LogP contribution in [0.15, 0.2) is 24.3 Å². The van der Waals surface area contributed by atoms with Gasteiger partial charge in [0.05, 0.1) is 5.56 Å². The number of likely N-dealkylation sites (tertiary alicyclic amines) is 1. The third-order valence-electron chi connectivity index (χ3n) is 4.11. The van der Waals surface area contributed by atoms with Crippen LogP contribution in [0, 0.1) is 0 Å². The van der Waals surface area contributed by atoms with Crippen molar-refractivity contribution in [2.45, 2.75) is 58.1 Å². The SMILES string of the molecule is CC(C)(C)OC(=O)[C@H]1CCCN1C(=O)CCc1ccccc1C(=O)O. The minimum absolute atomic E-state index is 0.145. The zero-order chi connectivity index (χ0) is 18.6. The molecule has 0 spiro atoms. The number of carbonyl (C=O) groups excluding carboxylic acids is 2. The number of hydrogen-bond donors (Lipinski definition) is 1. The molecule has 1 aliphatic heterocycles. The number of aryl methyl sites for hydroxylation is 1. The lowest BCUT2D eigenvalue weighted by Crippen LogP contribution is -2.43. The molecule has 6 heteroatoms. The van der Waals surface area contributed by atoms with Gasteiger partial charge >= 0.3 is 11.9 Å². The lowest BCUT2D eigenvalue weighted by molar-refractivity contribution is -0.163. The van der Waals surface area contributed by atoms with E-state index in [1.807, 2.05) is 0 Å². The first-order chi connectivity index (χ1) is 11.7. The molecule has 1 saturated heterocycles. The summed E-state index contributed by atoms with van der Waals surface area (Å²) >= 11 is 0. The number of carboxylic acid groups (broad SMARTS) is 1. The fraction of sp³-hybridized carbons (Fsp3) is 0.526. The Kier molecular flexibility index (Phi) is 5.82. The molecule has 1 aromatic rings. The second-order valence-corrected chi connectivity index (χ2v) is 7.24. The van der Waals surface area contributed by atoms with Crippen LogP contribution < -0.4 is 0 Å². The fourth-order valence-corrected chi connectivity index (χ4v) is 3.01. The van der Waals surface area contributed by atoms with Crippen molar-refractivity contribution in [1.29, 1.82) is 0 Å². The van der Waals surface area contributed by atoms with Crippen molar-refractivity contribution in [2.75, 3.05) is 6.54 Å². The molecule has 1 atom stereocenters. The van der Waals surface area contributed by atoms with Gasteiger partial charge in [-0.25, -0.2) is 9.59 Å². The van der Waals surface area contributed by atoms with Gasteiger partial charge < -0.3 is 14.7 Å². The van der Waals surface area contributed by atoms with E-state index in [-0.39, 0.29) is 23.9 Å². The molecule has 0 saturated carbocycles. The number of hydrogen-bond acceptors (Lipinski definition) is 4. The molecular weight excluding hydrogens is 322 g/mol. The number of amides is 1. The first kappa shape index (κ1) is 19.0. The van der Waals surface area contributed by atoms with Crippen molar-refractivity contribution >= 4 is 17.8 Å². The second-order valence-electron chi connectivity index (χ2n) is 7.24. The van der Waals surface area contributed by atoms with Gasteiger partial charge in [-0.05, 0) is 51.7 Å². The van der Waals surface area contributed by atoms with Gasteiger partial charge in [-0.1, -0.05) is 18.2 Å². The Labute approximate surface area is 147 Å². The standard InChI is InChI=1S/C19H25NO5/c1-19(2,3)25-18(24)15-9-6-12-20(15)16(21)11-10-13-7-4-5-8-14(13)17(22)23/h4-5,7-8,15H,6,9-12H2,1-3H3,(H,22,23)/t15-/m1/s1. The van der Waals surface area contributed by atoms with Crippen molar-refractivity contribution in [3.8, 4) is 0 Å². The summed E-state index contributed by atoms with van der Waals surface area (Å²) < 4.78 is 5.40. The number of rotatable bonds is 5. The van der Waals surface area contributed by atoms with E-state index in [1.54, 1.807) is 43.9 Å². The van der Waals surface area contributed by atoms with Gasteiger partial charge in [-0.2, -0.15) is 0 Å². The van der Waals surface area contributed by atoms with Gasteiger partial charge in [0.15, 0.2) is 0 Å². The molecule has 0 radical (unpaired) electrons. The quantitative estimate of drug-likeness (QED) is 0.828. The maximum atomic E-state index is 12.6. The summed E-state index contributed by atoms with van der Waals surface area (Å²) in [6.45, 7) is 5.93. The molecule has 1 aliphatic rings. The second kappa shape index (κ2) is 7.68. The van der Waals surface area contributed by atoms with Crippen LogP contribution in [0.2, 0.25) is 0 Å². The van der Waals surface area contributed by atoms with Gasteiger partial charge in [0, 0.05) is 13.0 Å². The average molecular weight is 347 g/mol. The topological polar surface area (TPSA) is 83.9 Å². The Balaban J connectivity index is 2.01. The van der Waals surface area contributed by atoms with Crippen LogP contribution in [0.3, 0.4) is 0 Å². The Morgan fingerprint density at radius 2 is 1.92 bits per heavy atom. The zero-order valence-corrected chi connectivity index (χ0v) is 14.9. The number of carboxylic acids is 1. The summed E-state index contributed by atoms with van der Waals surface area (Å²) in [5, 5.41) is 9.21. The van der Waals surface area contributed by atoms with E-state index in [0.29, 0.717) is 24.9 Å². The number of ether oxygens (including phenoxy) is 1. The molecule has 1 heterocycles. The van der Waals surface area contributed by atoms with E-state index in [0.717, 1.165) is 6.42 Å². The summed E-state index contributed by atoms with van der Waals surface area (Å²) in [5.74, 6) is -1.52. The van der Waals surface area contributed by atoms with Crippen molar-refractivity contribution < 1.29 is 24.2 Å². The minimum Gasteiger partial charge on any atom is -0.478 e. The van der Waals surface area contributed by atoms with Gasteiger partial charge in [0.2, 0.25) is 5.91 Å². The molecule has 1 amide bonds. The fourth-order valence-electron chi connectivity index (χ4n) is 3.01. The van der Waals surface area contributed by atoms with E-state index in [2.05, 4.69) is 0 Å². The van der Waals surface area contributed by atoms with Gasteiger partial charge in [0.25, 0.3) is 0 Å². The molecule has 1 fully saturated rings. The normalized spacial score (nSPS) is 17.4. The highest BCUT2D eigenvalue weighted by Crippen LogP contribution is 2.22. The highest BCUT2D eigenvalue weighted by atomic mass is 16.6. The summed E-state index contributed by atoms with van der Waals surface area (Å²) in [5.41, 5.74) is 0.242. The Morgan fingerprint density at radius 1 is 1.24 bits per heavy atom. The first-order valence-electron chi connectivity index (χ1n) is 8.52. The van der Waals surface area contributed by atoms with E-state index in [1.165, 1.54) is 6.07 Å². The maximum absolute atomic E-state index is 12.6. The van der Waals surface area contributed by atoms with Crippen molar-refractivity contribution in [1.82, 2.24) is 4.90 Å². The first-order valence-corrected chi connectivity index (χ1v) is 8.52. The van der Waals surface area contributed by atoms with Crippen LogP contribution in [-0.4, -0.2) is 46.0 Å². The van der Waals surface area contributed by atoms with Crippen LogP contribution in [0.5, 0.6) is 0 Å². The largest absolute Gasteiger partial charge is 0.478 e. The third kappa shape index (κ3) is 5.05. The third-order valence-corrected chi connectivity index (χ3v) is 4.11. The molecule has 0 aliphatic carbocycles. The molecule has 1 N–H and O–H groups in total. The minimum atomic E-state index is -1.00. The van der Waals surface area contributed by atoms with Crippen LogP contribution in [0.4, 0.5) is 0 Å². The summed E-state index contributed by atoms with van der Waals surface area (Å²) in [6.07, 6.45) is 1.87. The van der Waals surface area contributed by atoms with Crippen LogP contribution in [0.25, 0.3) is 0 Å². The molecular formula is C19H25NO5. The Morgan fingerprint density at radius 3 is 2.56 bits per heavy atom. The van der Waals surface area contributed by atoms with Crippen LogP contribution in [-0.2, 0) is 20.7 Å². The summed E-state index contributed by atoms with van der Waals surface area (Å²) in [7, 11) is 0. The van der Waals surface area contributed by atoms with E-state index in [9.17, 15) is 19.5 Å². The maximum Gasteiger partial charge on any atom is 0.335 e. The molecule has 0 aromatic heterocycles. The van der Waals surface area contributed by atoms with Crippen molar-refractivity contribution in [3.63, 3.8) is 0 Å². The highest BCUT2D eigenvalue weighted by molar-refractivity contribution is 5.90. The molecule has 136 valence electrons. The van der Waals surface area contributed by atoms with E-state index < -0.39 is 17.6 Å². The number of aromatic carboxylic acids is 1.